The van der Waals surface area contributed by atoms with Gasteiger partial charge in [-0.25, -0.2) is 0 Å². The van der Waals surface area contributed by atoms with Gasteiger partial charge in [0.05, 0.1) is 11.8 Å². The molecular weight excluding hydrogens is 348 g/mol. The summed E-state index contributed by atoms with van der Waals surface area (Å²) in [5.74, 6) is 0.462. The highest BCUT2D eigenvalue weighted by atomic mass is 32.2. The molecule has 5 nitrogen and oxygen atoms in total. The van der Waals surface area contributed by atoms with E-state index >= 15 is 0 Å². The van der Waals surface area contributed by atoms with Crippen LogP contribution < -0.4 is 5.32 Å². The van der Waals surface area contributed by atoms with E-state index in [1.165, 1.54) is 9.80 Å². The van der Waals surface area contributed by atoms with E-state index in [1.807, 2.05) is 18.2 Å². The molecule has 0 aromatic heterocycles. The first-order valence-electron chi connectivity index (χ1n) is 9.46. The van der Waals surface area contributed by atoms with Gasteiger partial charge in [0.25, 0.3) is 0 Å². The SMILES string of the molecule is O=C(CCN1C(=O)[C@H]2CCCC[C@@H]2C1=O)NCCCSc1ccccc1. The molecule has 1 saturated carbocycles. The van der Waals surface area contributed by atoms with E-state index in [0.29, 0.717) is 6.54 Å². The van der Waals surface area contributed by atoms with Crippen LogP contribution in [-0.2, 0) is 14.4 Å². The Morgan fingerprint density at radius 2 is 1.73 bits per heavy atom. The second-order valence-electron chi connectivity index (χ2n) is 6.94. The van der Waals surface area contributed by atoms with E-state index in [0.717, 1.165) is 37.9 Å². The molecule has 26 heavy (non-hydrogen) atoms. The molecule has 1 N–H and O–H groups in total. The average molecular weight is 375 g/mol. The highest BCUT2D eigenvalue weighted by Gasteiger charge is 2.47. The summed E-state index contributed by atoms with van der Waals surface area (Å²) in [6.07, 6.45) is 4.76. The summed E-state index contributed by atoms with van der Waals surface area (Å²) in [5.41, 5.74) is 0. The van der Waals surface area contributed by atoms with Crippen LogP contribution in [0.3, 0.4) is 0 Å². The van der Waals surface area contributed by atoms with Gasteiger partial charge in [0.2, 0.25) is 17.7 Å². The first-order valence-corrected chi connectivity index (χ1v) is 10.4. The van der Waals surface area contributed by atoms with Crippen LogP contribution in [0.4, 0.5) is 0 Å². The first kappa shape index (κ1) is 19.0. The van der Waals surface area contributed by atoms with Crippen molar-refractivity contribution < 1.29 is 14.4 Å². The second-order valence-corrected chi connectivity index (χ2v) is 8.11. The number of rotatable bonds is 8. The lowest BCUT2D eigenvalue weighted by molar-refractivity contribution is -0.140. The number of likely N-dealkylation sites (tertiary alicyclic amines) is 1. The number of hydrogen-bond acceptors (Lipinski definition) is 4. The summed E-state index contributed by atoms with van der Waals surface area (Å²) in [6, 6.07) is 10.2. The van der Waals surface area contributed by atoms with Crippen LogP contribution in [0, 0.1) is 11.8 Å². The van der Waals surface area contributed by atoms with Crippen molar-refractivity contribution in [1.29, 1.82) is 0 Å². The van der Waals surface area contributed by atoms with Crippen molar-refractivity contribution in [2.75, 3.05) is 18.8 Å². The fourth-order valence-corrected chi connectivity index (χ4v) is 4.63. The summed E-state index contributed by atoms with van der Waals surface area (Å²) >= 11 is 1.77. The fourth-order valence-electron chi connectivity index (χ4n) is 3.76. The van der Waals surface area contributed by atoms with Gasteiger partial charge in [-0.1, -0.05) is 31.0 Å². The van der Waals surface area contributed by atoms with Gasteiger partial charge in [-0.05, 0) is 37.1 Å². The molecule has 1 aliphatic carbocycles. The maximum absolute atomic E-state index is 12.4. The van der Waals surface area contributed by atoms with Crippen LogP contribution in [0.1, 0.15) is 38.5 Å². The van der Waals surface area contributed by atoms with E-state index in [-0.39, 0.29) is 42.5 Å². The monoisotopic (exact) mass is 374 g/mol. The molecule has 1 aromatic carbocycles. The van der Waals surface area contributed by atoms with Crippen molar-refractivity contribution in [3.8, 4) is 0 Å². The van der Waals surface area contributed by atoms with Gasteiger partial charge in [0.15, 0.2) is 0 Å². The van der Waals surface area contributed by atoms with Crippen molar-refractivity contribution in [3.63, 3.8) is 0 Å². The Morgan fingerprint density at radius 3 is 2.38 bits per heavy atom. The number of amides is 3. The standard InChI is InChI=1S/C20H26N2O3S/c23-18(21-12-6-14-26-15-7-2-1-3-8-15)11-13-22-19(24)16-9-4-5-10-17(16)20(22)25/h1-3,7-8,16-17H,4-6,9-14H2,(H,21,23)/t16-,17-/m0/s1. The van der Waals surface area contributed by atoms with Crippen LogP contribution in [0.2, 0.25) is 0 Å². The number of carbonyl (C=O) groups is 3. The van der Waals surface area contributed by atoms with Crippen molar-refractivity contribution >= 4 is 29.5 Å². The third kappa shape index (κ3) is 4.67. The molecule has 6 heteroatoms. The van der Waals surface area contributed by atoms with Crippen molar-refractivity contribution in [1.82, 2.24) is 10.2 Å². The van der Waals surface area contributed by atoms with Crippen LogP contribution in [0.25, 0.3) is 0 Å². The zero-order chi connectivity index (χ0) is 18.4. The van der Waals surface area contributed by atoms with E-state index in [1.54, 1.807) is 11.8 Å². The highest BCUT2D eigenvalue weighted by molar-refractivity contribution is 7.99. The molecule has 3 rings (SSSR count). The number of nitrogens with one attached hydrogen (secondary N) is 1. The number of fused-ring (bicyclic) bond motifs is 1. The lowest BCUT2D eigenvalue weighted by Gasteiger charge is -2.19. The Bertz CT molecular complexity index is 626. The van der Waals surface area contributed by atoms with Gasteiger partial charge < -0.3 is 5.32 Å². The Balaban J connectivity index is 1.32. The highest BCUT2D eigenvalue weighted by Crippen LogP contribution is 2.37. The number of thioether (sulfide) groups is 1. The number of carbonyl (C=O) groups excluding carboxylic acids is 3. The van der Waals surface area contributed by atoms with Gasteiger partial charge in [-0.2, -0.15) is 0 Å². The first-order chi connectivity index (χ1) is 12.7. The smallest absolute Gasteiger partial charge is 0.233 e. The number of imide groups is 1. The van der Waals surface area contributed by atoms with E-state index in [9.17, 15) is 14.4 Å². The second kappa shape index (κ2) is 9.21. The average Bonchev–Trinajstić information content (AvgIpc) is 2.91. The normalized spacial score (nSPS) is 22.4. The molecular formula is C20H26N2O3S. The molecule has 2 aliphatic rings. The largest absolute Gasteiger partial charge is 0.356 e. The van der Waals surface area contributed by atoms with Crippen LogP contribution in [0.15, 0.2) is 35.2 Å². The molecule has 140 valence electrons. The number of hydrogen-bond donors (Lipinski definition) is 1. The maximum atomic E-state index is 12.4. The Hall–Kier alpha value is -1.82. The molecule has 1 saturated heterocycles. The van der Waals surface area contributed by atoms with Gasteiger partial charge in [0.1, 0.15) is 0 Å². The third-order valence-electron chi connectivity index (χ3n) is 5.15. The minimum atomic E-state index is -0.130. The summed E-state index contributed by atoms with van der Waals surface area (Å²) in [6.45, 7) is 0.834. The summed E-state index contributed by atoms with van der Waals surface area (Å²) in [5, 5.41) is 2.88. The summed E-state index contributed by atoms with van der Waals surface area (Å²) < 4.78 is 0. The zero-order valence-electron chi connectivity index (χ0n) is 15.0. The molecule has 1 heterocycles. The van der Waals surface area contributed by atoms with Gasteiger partial charge in [-0.3, -0.25) is 19.3 Å². The van der Waals surface area contributed by atoms with Crippen LogP contribution in [0.5, 0.6) is 0 Å². The molecule has 2 atom stereocenters. The molecule has 1 aliphatic heterocycles. The molecule has 3 amide bonds. The van der Waals surface area contributed by atoms with Crippen molar-refractivity contribution in [2.45, 2.75) is 43.4 Å². The minimum Gasteiger partial charge on any atom is -0.356 e. The maximum Gasteiger partial charge on any atom is 0.233 e. The predicted octanol–water partition coefficient (Wildman–Crippen LogP) is 2.85. The quantitative estimate of drug-likeness (QED) is 0.432. The molecule has 0 bridgehead atoms. The molecule has 0 radical (unpaired) electrons. The van der Waals surface area contributed by atoms with Crippen LogP contribution in [-0.4, -0.2) is 41.5 Å². The lowest BCUT2D eigenvalue weighted by Crippen LogP contribution is -2.35. The molecule has 2 fully saturated rings. The molecule has 1 aromatic rings. The van der Waals surface area contributed by atoms with E-state index in [4.69, 9.17) is 0 Å². The topological polar surface area (TPSA) is 66.5 Å². The van der Waals surface area contributed by atoms with Crippen LogP contribution >= 0.6 is 11.8 Å². The summed E-state index contributed by atoms with van der Waals surface area (Å²) in [4.78, 5) is 39.3. The van der Waals surface area contributed by atoms with Gasteiger partial charge in [-0.15, -0.1) is 11.8 Å². The number of benzene rings is 1. The Kier molecular flexibility index (Phi) is 6.72. The molecule has 0 unspecified atom stereocenters. The Morgan fingerprint density at radius 1 is 1.08 bits per heavy atom. The fraction of sp³-hybridized carbons (Fsp3) is 0.550. The van der Waals surface area contributed by atoms with Crippen molar-refractivity contribution in [2.24, 2.45) is 11.8 Å². The molecule has 0 spiro atoms. The zero-order valence-corrected chi connectivity index (χ0v) is 15.8. The van der Waals surface area contributed by atoms with Gasteiger partial charge in [0, 0.05) is 24.4 Å². The Labute approximate surface area is 158 Å². The van der Waals surface area contributed by atoms with Gasteiger partial charge >= 0.3 is 0 Å². The van der Waals surface area contributed by atoms with Crippen molar-refractivity contribution in [3.05, 3.63) is 30.3 Å². The minimum absolute atomic E-state index is 0.0632. The van der Waals surface area contributed by atoms with E-state index in [2.05, 4.69) is 17.4 Å². The van der Waals surface area contributed by atoms with E-state index < -0.39 is 0 Å². The number of nitrogens with zero attached hydrogens (tertiary/aromatic N) is 1. The third-order valence-corrected chi connectivity index (χ3v) is 6.25. The predicted molar refractivity (Wildman–Crippen MR) is 102 cm³/mol. The summed E-state index contributed by atoms with van der Waals surface area (Å²) in [7, 11) is 0. The lowest BCUT2D eigenvalue weighted by atomic mass is 9.81.